The minimum Gasteiger partial charge on any atom is -0.391 e. The first kappa shape index (κ1) is 15.8. The average molecular weight is 332 g/mol. The molecule has 2 N–H and O–H groups in total. The zero-order valence-corrected chi connectivity index (χ0v) is 12.6. The summed E-state index contributed by atoms with van der Waals surface area (Å²) in [5, 5.41) is 23.9. The SMILES string of the molecule is CCC(CC)C(O)CNc1c(Br)cncc1[N+](=O)[O-]. The number of nitrogens with one attached hydrogen (secondary N) is 1. The van der Waals surface area contributed by atoms with E-state index in [0.29, 0.717) is 10.2 Å². The van der Waals surface area contributed by atoms with Crippen molar-refractivity contribution in [1.82, 2.24) is 4.98 Å². The van der Waals surface area contributed by atoms with Gasteiger partial charge in [-0.2, -0.15) is 0 Å². The van der Waals surface area contributed by atoms with Crippen LogP contribution in [-0.4, -0.2) is 27.7 Å². The number of aliphatic hydroxyl groups excluding tert-OH is 1. The molecule has 0 aromatic carbocycles. The fraction of sp³-hybridized carbons (Fsp3) is 0.583. The fourth-order valence-corrected chi connectivity index (χ4v) is 2.41. The minimum atomic E-state index is -0.533. The maximum absolute atomic E-state index is 10.9. The molecule has 0 spiro atoms. The van der Waals surface area contributed by atoms with Gasteiger partial charge in [-0.15, -0.1) is 0 Å². The van der Waals surface area contributed by atoms with Gasteiger partial charge in [0.15, 0.2) is 0 Å². The lowest BCUT2D eigenvalue weighted by Crippen LogP contribution is -2.28. The van der Waals surface area contributed by atoms with Crippen LogP contribution in [-0.2, 0) is 0 Å². The summed E-state index contributed by atoms with van der Waals surface area (Å²) >= 11 is 3.23. The summed E-state index contributed by atoms with van der Waals surface area (Å²) in [6.45, 7) is 4.31. The largest absolute Gasteiger partial charge is 0.391 e. The van der Waals surface area contributed by atoms with E-state index >= 15 is 0 Å². The van der Waals surface area contributed by atoms with Crippen LogP contribution in [0.1, 0.15) is 26.7 Å². The Morgan fingerprint density at radius 2 is 2.11 bits per heavy atom. The van der Waals surface area contributed by atoms with Crippen molar-refractivity contribution in [1.29, 1.82) is 0 Å². The summed E-state index contributed by atoms with van der Waals surface area (Å²) in [5.74, 6) is 0.187. The average Bonchev–Trinajstić information content (AvgIpc) is 2.38. The summed E-state index contributed by atoms with van der Waals surface area (Å²) in [6.07, 6.45) is 3.89. The molecule has 0 bridgehead atoms. The summed E-state index contributed by atoms with van der Waals surface area (Å²) in [5.41, 5.74) is 0.246. The second-order valence-electron chi connectivity index (χ2n) is 4.30. The molecule has 0 saturated carbocycles. The number of nitrogens with zero attached hydrogens (tertiary/aromatic N) is 2. The van der Waals surface area contributed by atoms with Gasteiger partial charge >= 0.3 is 5.69 Å². The van der Waals surface area contributed by atoms with E-state index in [1.807, 2.05) is 13.8 Å². The lowest BCUT2D eigenvalue weighted by molar-refractivity contribution is -0.384. The third-order valence-corrected chi connectivity index (χ3v) is 3.76. The molecule has 1 unspecified atom stereocenters. The Balaban J connectivity index is 2.80. The topological polar surface area (TPSA) is 88.3 Å². The number of aromatic nitrogens is 1. The standard InChI is InChI=1S/C12H18BrN3O3/c1-3-8(4-2)11(17)7-15-12-9(13)5-14-6-10(12)16(18)19/h5-6,8,11,17H,3-4,7H2,1-2H3,(H,14,15). The summed E-state index contributed by atoms with van der Waals surface area (Å²) in [6, 6.07) is 0. The molecule has 0 saturated heterocycles. The lowest BCUT2D eigenvalue weighted by Gasteiger charge is -2.21. The molecule has 1 aromatic heterocycles. The number of pyridine rings is 1. The number of aliphatic hydroxyl groups is 1. The van der Waals surface area contributed by atoms with Crippen molar-refractivity contribution in [3.8, 4) is 0 Å². The molecule has 0 fully saturated rings. The van der Waals surface area contributed by atoms with Crippen molar-refractivity contribution in [2.75, 3.05) is 11.9 Å². The van der Waals surface area contributed by atoms with Crippen LogP contribution >= 0.6 is 15.9 Å². The Labute approximate surface area is 120 Å². The van der Waals surface area contributed by atoms with Crippen molar-refractivity contribution in [2.45, 2.75) is 32.8 Å². The van der Waals surface area contributed by atoms with Crippen LogP contribution in [0.3, 0.4) is 0 Å². The number of halogens is 1. The summed E-state index contributed by atoms with van der Waals surface area (Å²) < 4.78 is 0.512. The van der Waals surface area contributed by atoms with Crippen LogP contribution in [0.15, 0.2) is 16.9 Å². The molecule has 19 heavy (non-hydrogen) atoms. The highest BCUT2D eigenvalue weighted by Crippen LogP contribution is 2.31. The number of rotatable bonds is 7. The van der Waals surface area contributed by atoms with E-state index in [1.165, 1.54) is 12.4 Å². The van der Waals surface area contributed by atoms with E-state index in [1.54, 1.807) is 0 Å². The fourth-order valence-electron chi connectivity index (χ4n) is 1.94. The molecule has 106 valence electrons. The predicted octanol–water partition coefficient (Wildman–Crippen LogP) is 2.96. The first-order chi connectivity index (χ1) is 9.01. The molecule has 1 rings (SSSR count). The van der Waals surface area contributed by atoms with Gasteiger partial charge in [-0.3, -0.25) is 15.1 Å². The first-order valence-corrected chi connectivity index (χ1v) is 7.00. The summed E-state index contributed by atoms with van der Waals surface area (Å²) in [4.78, 5) is 14.2. The number of hydrogen-bond acceptors (Lipinski definition) is 5. The second kappa shape index (κ2) is 7.40. The highest BCUT2D eigenvalue weighted by molar-refractivity contribution is 9.10. The highest BCUT2D eigenvalue weighted by atomic mass is 79.9. The first-order valence-electron chi connectivity index (χ1n) is 6.21. The quantitative estimate of drug-likeness (QED) is 0.592. The minimum absolute atomic E-state index is 0.105. The normalized spacial score (nSPS) is 12.5. The van der Waals surface area contributed by atoms with E-state index in [4.69, 9.17) is 0 Å². The number of nitro groups is 1. The molecule has 0 aliphatic heterocycles. The van der Waals surface area contributed by atoms with E-state index in [2.05, 4.69) is 26.2 Å². The Bertz CT molecular complexity index is 438. The molecule has 0 radical (unpaired) electrons. The van der Waals surface area contributed by atoms with Gasteiger partial charge in [-0.05, 0) is 21.8 Å². The van der Waals surface area contributed by atoms with Gasteiger partial charge in [-0.25, -0.2) is 0 Å². The molecule has 7 heteroatoms. The Hall–Kier alpha value is -1.21. The van der Waals surface area contributed by atoms with Gasteiger partial charge in [0.05, 0.1) is 15.5 Å². The van der Waals surface area contributed by atoms with Crippen LogP contribution < -0.4 is 5.32 Å². The molecule has 1 atom stereocenters. The lowest BCUT2D eigenvalue weighted by atomic mass is 9.96. The van der Waals surface area contributed by atoms with Crippen LogP contribution in [0.4, 0.5) is 11.4 Å². The zero-order valence-electron chi connectivity index (χ0n) is 11.0. The van der Waals surface area contributed by atoms with Crippen molar-refractivity contribution in [2.24, 2.45) is 5.92 Å². The van der Waals surface area contributed by atoms with E-state index in [0.717, 1.165) is 12.8 Å². The third kappa shape index (κ3) is 4.14. The van der Waals surface area contributed by atoms with Crippen LogP contribution in [0.2, 0.25) is 0 Å². The van der Waals surface area contributed by atoms with Gasteiger partial charge in [0.2, 0.25) is 0 Å². The molecule has 1 heterocycles. The molecule has 6 nitrogen and oxygen atoms in total. The highest BCUT2D eigenvalue weighted by Gasteiger charge is 2.20. The van der Waals surface area contributed by atoms with Crippen molar-refractivity contribution >= 4 is 27.3 Å². The number of anilines is 1. The Morgan fingerprint density at radius 1 is 1.47 bits per heavy atom. The molecule has 0 aliphatic carbocycles. The third-order valence-electron chi connectivity index (χ3n) is 3.16. The predicted molar refractivity (Wildman–Crippen MR) is 77.2 cm³/mol. The van der Waals surface area contributed by atoms with Crippen molar-refractivity contribution < 1.29 is 10.0 Å². The van der Waals surface area contributed by atoms with Gasteiger partial charge in [-0.1, -0.05) is 26.7 Å². The van der Waals surface area contributed by atoms with Gasteiger partial charge in [0, 0.05) is 12.7 Å². The van der Waals surface area contributed by atoms with Crippen LogP contribution in [0, 0.1) is 16.0 Å². The maximum atomic E-state index is 10.9. The van der Waals surface area contributed by atoms with Crippen LogP contribution in [0.5, 0.6) is 0 Å². The molecule has 1 aromatic rings. The zero-order chi connectivity index (χ0) is 14.4. The van der Waals surface area contributed by atoms with Crippen molar-refractivity contribution in [3.05, 3.63) is 27.0 Å². The van der Waals surface area contributed by atoms with E-state index in [-0.39, 0.29) is 18.2 Å². The smallest absolute Gasteiger partial charge is 0.311 e. The van der Waals surface area contributed by atoms with Crippen LogP contribution in [0.25, 0.3) is 0 Å². The second-order valence-corrected chi connectivity index (χ2v) is 5.15. The van der Waals surface area contributed by atoms with E-state index in [9.17, 15) is 15.2 Å². The van der Waals surface area contributed by atoms with Crippen molar-refractivity contribution in [3.63, 3.8) is 0 Å². The molecular formula is C12H18BrN3O3. The Kier molecular flexibility index (Phi) is 6.17. The van der Waals surface area contributed by atoms with Gasteiger partial charge < -0.3 is 10.4 Å². The summed E-state index contributed by atoms with van der Waals surface area (Å²) in [7, 11) is 0. The number of hydrogen-bond donors (Lipinski definition) is 2. The molecule has 0 amide bonds. The molecular weight excluding hydrogens is 314 g/mol. The van der Waals surface area contributed by atoms with Gasteiger partial charge in [0.25, 0.3) is 0 Å². The maximum Gasteiger partial charge on any atom is 0.311 e. The van der Waals surface area contributed by atoms with Gasteiger partial charge in [0.1, 0.15) is 11.9 Å². The van der Waals surface area contributed by atoms with E-state index < -0.39 is 11.0 Å². The monoisotopic (exact) mass is 331 g/mol. The Morgan fingerprint density at radius 3 is 2.63 bits per heavy atom. The molecule has 0 aliphatic rings.